The first-order chi connectivity index (χ1) is 17.2. The lowest BCUT2D eigenvalue weighted by Gasteiger charge is -2.24. The second kappa shape index (κ2) is 12.4. The minimum Gasteiger partial charge on any atom is -0.480 e. The van der Waals surface area contributed by atoms with Crippen molar-refractivity contribution < 1.29 is 29.1 Å². The van der Waals surface area contributed by atoms with Crippen LogP contribution in [0.5, 0.6) is 0 Å². The third-order valence-electron chi connectivity index (χ3n) is 5.94. The molecule has 1 saturated heterocycles. The lowest BCUT2D eigenvalue weighted by molar-refractivity contribution is -0.142. The fourth-order valence-electron chi connectivity index (χ4n) is 4.05. The van der Waals surface area contributed by atoms with E-state index >= 15 is 0 Å². The van der Waals surface area contributed by atoms with E-state index in [1.807, 2.05) is 24.3 Å². The largest absolute Gasteiger partial charge is 0.480 e. The van der Waals surface area contributed by atoms with E-state index in [2.05, 4.69) is 38.9 Å². The quantitative estimate of drug-likeness (QED) is 0.162. The summed E-state index contributed by atoms with van der Waals surface area (Å²) in [5, 5.41) is 20.9. The number of hydrogen-bond acceptors (Lipinski definition) is 7. The molecule has 3 rings (SSSR count). The number of aromatic amines is 1. The Morgan fingerprint density at radius 3 is 2.39 bits per heavy atom. The van der Waals surface area contributed by atoms with Gasteiger partial charge < -0.3 is 37.1 Å². The maximum absolute atomic E-state index is 12.9. The average Bonchev–Trinajstić information content (AvgIpc) is 3.52. The molecule has 4 amide bonds. The molecule has 4 atom stereocenters. The first kappa shape index (κ1) is 27.0. The molecule has 1 fully saturated rings. The zero-order valence-electron chi connectivity index (χ0n) is 19.5. The molecule has 0 bridgehead atoms. The summed E-state index contributed by atoms with van der Waals surface area (Å²) in [7, 11) is 0. The van der Waals surface area contributed by atoms with Gasteiger partial charge in [-0.05, 0) is 31.0 Å². The van der Waals surface area contributed by atoms with Gasteiger partial charge in [-0.3, -0.25) is 19.2 Å². The number of primary amides is 1. The van der Waals surface area contributed by atoms with E-state index < -0.39 is 54.3 Å². The molecular weight excluding hydrogens is 488 g/mol. The van der Waals surface area contributed by atoms with Crippen LogP contribution in [-0.4, -0.2) is 76.2 Å². The molecule has 1 aliphatic rings. The lowest BCUT2D eigenvalue weighted by Crippen LogP contribution is -2.58. The summed E-state index contributed by atoms with van der Waals surface area (Å²) >= 11 is 4.11. The maximum atomic E-state index is 12.9. The summed E-state index contributed by atoms with van der Waals surface area (Å²) in [6.07, 6.45) is 2.53. The van der Waals surface area contributed by atoms with Gasteiger partial charge >= 0.3 is 5.97 Å². The van der Waals surface area contributed by atoms with Gasteiger partial charge in [0, 0.05) is 29.3 Å². The molecule has 13 heteroatoms. The van der Waals surface area contributed by atoms with Crippen molar-refractivity contribution in [1.29, 1.82) is 0 Å². The van der Waals surface area contributed by atoms with Crippen LogP contribution < -0.4 is 27.0 Å². The van der Waals surface area contributed by atoms with Gasteiger partial charge in [0.2, 0.25) is 23.6 Å². The summed E-state index contributed by atoms with van der Waals surface area (Å²) in [6.45, 7) is 0.694. The van der Waals surface area contributed by atoms with E-state index in [0.29, 0.717) is 18.5 Å². The summed E-state index contributed by atoms with van der Waals surface area (Å²) in [4.78, 5) is 64.6. The molecule has 4 unspecified atom stereocenters. The number of rotatable bonds is 12. The molecule has 1 aromatic heterocycles. The number of nitrogens with two attached hydrogens (primary N) is 1. The second-order valence-electron chi connectivity index (χ2n) is 8.59. The number of aliphatic carboxylic acids is 1. The zero-order chi connectivity index (χ0) is 26.2. The number of nitrogens with one attached hydrogen (secondary N) is 5. The highest BCUT2D eigenvalue weighted by molar-refractivity contribution is 7.80. The summed E-state index contributed by atoms with van der Waals surface area (Å²) in [5.74, 6) is -4.24. The number of carbonyl (C=O) groups is 5. The fourth-order valence-corrected chi connectivity index (χ4v) is 4.31. The molecule has 0 spiro atoms. The van der Waals surface area contributed by atoms with Crippen molar-refractivity contribution in [3.05, 3.63) is 36.0 Å². The summed E-state index contributed by atoms with van der Waals surface area (Å²) < 4.78 is 0. The molecule has 194 valence electrons. The Morgan fingerprint density at radius 1 is 1.06 bits per heavy atom. The Bertz CT molecular complexity index is 1130. The van der Waals surface area contributed by atoms with Gasteiger partial charge in [0.05, 0.1) is 12.5 Å². The van der Waals surface area contributed by atoms with E-state index in [4.69, 9.17) is 5.73 Å². The van der Waals surface area contributed by atoms with Crippen LogP contribution in [0.2, 0.25) is 0 Å². The Labute approximate surface area is 212 Å². The second-order valence-corrected chi connectivity index (χ2v) is 8.95. The van der Waals surface area contributed by atoms with Crippen molar-refractivity contribution in [2.24, 2.45) is 5.73 Å². The number of para-hydroxylation sites is 1. The number of fused-ring (bicyclic) bond motifs is 1. The SMILES string of the molecule is NC(=O)CC(NC(=O)C(CS)NC(=O)C1CCCN1)C(=O)NC(Cc1c[nH]c2ccccc12)C(=O)O. The standard InChI is InChI=1S/C23H30N6O6S/c24-19(30)9-16(27-22(33)18(11-36)29-20(31)15-6-3-7-25-15)21(32)28-17(23(34)35)8-12-10-26-14-5-2-1-4-13(12)14/h1-2,4-5,10,15-18,25-26,36H,3,6-9,11H2,(H2,24,30)(H,27,33)(H,28,32)(H,29,31)(H,34,35). The van der Waals surface area contributed by atoms with Crippen molar-refractivity contribution in [1.82, 2.24) is 26.3 Å². The molecule has 0 aliphatic carbocycles. The van der Waals surface area contributed by atoms with Gasteiger partial charge in [-0.15, -0.1) is 0 Å². The highest BCUT2D eigenvalue weighted by atomic mass is 32.1. The Balaban J connectivity index is 1.68. The number of H-pyrrole nitrogens is 1. The maximum Gasteiger partial charge on any atom is 0.326 e. The predicted molar refractivity (Wildman–Crippen MR) is 134 cm³/mol. The van der Waals surface area contributed by atoms with Gasteiger partial charge in [0.25, 0.3) is 0 Å². The number of benzene rings is 1. The van der Waals surface area contributed by atoms with Crippen LogP contribution in [-0.2, 0) is 30.4 Å². The Hall–Kier alpha value is -3.58. The normalized spacial score (nSPS) is 17.6. The molecule has 0 radical (unpaired) electrons. The predicted octanol–water partition coefficient (Wildman–Crippen LogP) is -1.19. The molecule has 8 N–H and O–H groups in total. The number of carbonyl (C=O) groups excluding carboxylic acids is 4. The number of hydrogen-bond donors (Lipinski definition) is 8. The Kier molecular flexibility index (Phi) is 9.31. The minimum absolute atomic E-state index is 0.0357. The van der Waals surface area contributed by atoms with Gasteiger partial charge in [0.15, 0.2) is 0 Å². The molecular formula is C23H30N6O6S. The van der Waals surface area contributed by atoms with Crippen molar-refractivity contribution in [2.75, 3.05) is 12.3 Å². The Morgan fingerprint density at radius 2 is 1.75 bits per heavy atom. The number of thiol groups is 1. The topological polar surface area (TPSA) is 196 Å². The molecule has 36 heavy (non-hydrogen) atoms. The van der Waals surface area contributed by atoms with Crippen molar-refractivity contribution in [3.8, 4) is 0 Å². The lowest BCUT2D eigenvalue weighted by atomic mass is 10.0. The van der Waals surface area contributed by atoms with Gasteiger partial charge in [-0.25, -0.2) is 4.79 Å². The van der Waals surface area contributed by atoms with Crippen molar-refractivity contribution >= 4 is 53.1 Å². The van der Waals surface area contributed by atoms with E-state index in [9.17, 15) is 29.1 Å². The molecule has 2 heterocycles. The number of amides is 4. The number of carboxylic acid groups (broad SMARTS) is 1. The van der Waals surface area contributed by atoms with Crippen LogP contribution in [0.3, 0.4) is 0 Å². The first-order valence-corrected chi connectivity index (χ1v) is 12.1. The minimum atomic E-state index is -1.44. The average molecular weight is 519 g/mol. The molecule has 2 aromatic rings. The van der Waals surface area contributed by atoms with Gasteiger partial charge in [-0.2, -0.15) is 12.6 Å². The van der Waals surface area contributed by atoms with E-state index in [1.165, 1.54) is 0 Å². The zero-order valence-corrected chi connectivity index (χ0v) is 20.3. The fraction of sp³-hybridized carbons (Fsp3) is 0.435. The summed E-state index contributed by atoms with van der Waals surface area (Å²) in [5.41, 5.74) is 6.75. The van der Waals surface area contributed by atoms with Gasteiger partial charge in [-0.1, -0.05) is 18.2 Å². The first-order valence-electron chi connectivity index (χ1n) is 11.5. The summed E-state index contributed by atoms with van der Waals surface area (Å²) in [6, 6.07) is 3.03. The number of carboxylic acids is 1. The highest BCUT2D eigenvalue weighted by Gasteiger charge is 2.32. The van der Waals surface area contributed by atoms with Crippen LogP contribution in [0, 0.1) is 0 Å². The van der Waals surface area contributed by atoms with Crippen LogP contribution in [0.1, 0.15) is 24.8 Å². The third-order valence-corrected chi connectivity index (χ3v) is 6.31. The molecule has 1 aromatic carbocycles. The highest BCUT2D eigenvalue weighted by Crippen LogP contribution is 2.19. The van der Waals surface area contributed by atoms with Crippen molar-refractivity contribution in [3.63, 3.8) is 0 Å². The third kappa shape index (κ3) is 6.98. The van der Waals surface area contributed by atoms with Crippen LogP contribution >= 0.6 is 12.6 Å². The van der Waals surface area contributed by atoms with E-state index in [0.717, 1.165) is 17.3 Å². The van der Waals surface area contributed by atoms with Crippen LogP contribution in [0.4, 0.5) is 0 Å². The molecule has 0 saturated carbocycles. The molecule has 12 nitrogen and oxygen atoms in total. The van der Waals surface area contributed by atoms with Crippen LogP contribution in [0.15, 0.2) is 30.5 Å². The van der Waals surface area contributed by atoms with E-state index in [-0.39, 0.29) is 18.1 Å². The van der Waals surface area contributed by atoms with Crippen LogP contribution in [0.25, 0.3) is 10.9 Å². The van der Waals surface area contributed by atoms with Gasteiger partial charge in [0.1, 0.15) is 18.1 Å². The molecule has 1 aliphatic heterocycles. The van der Waals surface area contributed by atoms with Crippen molar-refractivity contribution in [2.45, 2.75) is 49.9 Å². The number of aromatic nitrogens is 1. The monoisotopic (exact) mass is 518 g/mol. The van der Waals surface area contributed by atoms with E-state index in [1.54, 1.807) is 6.20 Å². The smallest absolute Gasteiger partial charge is 0.326 e.